The Morgan fingerprint density at radius 2 is 2.04 bits per heavy atom. The third-order valence-corrected chi connectivity index (χ3v) is 9.08. The molecule has 1 fully saturated rings. The van der Waals surface area contributed by atoms with E-state index in [0.29, 0.717) is 17.1 Å². The van der Waals surface area contributed by atoms with E-state index in [2.05, 4.69) is 10.4 Å². The van der Waals surface area contributed by atoms with E-state index in [9.17, 15) is 13.2 Å². The van der Waals surface area contributed by atoms with Gasteiger partial charge in [-0.05, 0) is 52.6 Å². The maximum Gasteiger partial charge on any atom is 0.273 e. The number of benzene rings is 1. The number of sulfone groups is 1. The number of thiophene rings is 1. The van der Waals surface area contributed by atoms with Crippen LogP contribution >= 0.6 is 22.7 Å². The Labute approximate surface area is 165 Å². The zero-order chi connectivity index (χ0) is 18.8. The SMILES string of the molecule is Cc1nc(C(=O)N2C[C@@H]3[C@@H](C2)c2cc(-c4ccsc4)ccc2S3(=O)=O)cs1. The highest BCUT2D eigenvalue weighted by Crippen LogP contribution is 2.46. The average Bonchev–Trinajstić information content (AvgIpc) is 3.41. The van der Waals surface area contributed by atoms with E-state index < -0.39 is 15.1 Å². The predicted octanol–water partition coefficient (Wildman–Crippen LogP) is 3.58. The van der Waals surface area contributed by atoms with Crippen molar-refractivity contribution in [2.45, 2.75) is 23.0 Å². The molecule has 1 saturated heterocycles. The third kappa shape index (κ3) is 2.58. The van der Waals surface area contributed by atoms with Crippen LogP contribution in [0.25, 0.3) is 11.1 Å². The highest BCUT2D eigenvalue weighted by molar-refractivity contribution is 7.92. The number of aromatic nitrogens is 1. The highest BCUT2D eigenvalue weighted by atomic mass is 32.2. The van der Waals surface area contributed by atoms with Gasteiger partial charge in [-0.1, -0.05) is 6.07 Å². The predicted molar refractivity (Wildman–Crippen MR) is 106 cm³/mol. The minimum atomic E-state index is -3.42. The number of fused-ring (bicyclic) bond motifs is 3. The summed E-state index contributed by atoms with van der Waals surface area (Å²) in [5.41, 5.74) is 3.36. The molecule has 2 aromatic heterocycles. The fraction of sp³-hybridized carbons (Fsp3) is 0.263. The first-order valence-electron chi connectivity index (χ1n) is 8.57. The molecule has 1 aromatic carbocycles. The summed E-state index contributed by atoms with van der Waals surface area (Å²) in [5, 5.41) is 6.07. The maximum atomic E-state index is 13.0. The van der Waals surface area contributed by atoms with Crippen LogP contribution in [0.3, 0.4) is 0 Å². The standard InChI is InChI=1S/C19H16N2O3S3/c1-11-20-16(10-26-11)19(22)21-7-15-14-6-12(13-4-5-25-9-13)2-3-17(14)27(23,24)18(15)8-21/h2-6,9-10,15,18H,7-8H2,1H3/t15-,18+/m0/s1. The first kappa shape index (κ1) is 17.1. The number of aryl methyl sites for hydroxylation is 1. The van der Waals surface area contributed by atoms with Crippen molar-refractivity contribution in [2.75, 3.05) is 13.1 Å². The maximum absolute atomic E-state index is 13.0. The van der Waals surface area contributed by atoms with Crippen LogP contribution in [-0.4, -0.2) is 42.5 Å². The summed E-state index contributed by atoms with van der Waals surface area (Å²) in [6.07, 6.45) is 0. The lowest BCUT2D eigenvalue weighted by atomic mass is 9.95. The number of carbonyl (C=O) groups excluding carboxylic acids is 1. The Hall–Kier alpha value is -2.03. The van der Waals surface area contributed by atoms with Crippen molar-refractivity contribution in [1.29, 1.82) is 0 Å². The van der Waals surface area contributed by atoms with Gasteiger partial charge in [0.2, 0.25) is 0 Å². The van der Waals surface area contributed by atoms with E-state index in [-0.39, 0.29) is 18.4 Å². The molecule has 27 heavy (non-hydrogen) atoms. The Balaban J connectivity index is 1.52. The lowest BCUT2D eigenvalue weighted by Gasteiger charge is -2.16. The summed E-state index contributed by atoms with van der Waals surface area (Å²) >= 11 is 3.04. The van der Waals surface area contributed by atoms with Crippen LogP contribution in [0.2, 0.25) is 0 Å². The van der Waals surface area contributed by atoms with Gasteiger partial charge >= 0.3 is 0 Å². The molecule has 5 nitrogen and oxygen atoms in total. The van der Waals surface area contributed by atoms with Crippen molar-refractivity contribution in [3.63, 3.8) is 0 Å². The van der Waals surface area contributed by atoms with Gasteiger partial charge in [-0.25, -0.2) is 13.4 Å². The minimum Gasteiger partial charge on any atom is -0.335 e. The van der Waals surface area contributed by atoms with Crippen LogP contribution in [0.1, 0.15) is 27.0 Å². The molecule has 0 spiro atoms. The molecule has 138 valence electrons. The molecule has 2 aliphatic rings. The molecule has 3 aromatic rings. The molecule has 4 heterocycles. The van der Waals surface area contributed by atoms with Gasteiger partial charge in [0.25, 0.3) is 5.91 Å². The number of nitrogens with zero attached hydrogens (tertiary/aromatic N) is 2. The largest absolute Gasteiger partial charge is 0.335 e. The molecule has 0 aliphatic carbocycles. The second-order valence-electron chi connectivity index (χ2n) is 6.92. The monoisotopic (exact) mass is 416 g/mol. The summed E-state index contributed by atoms with van der Waals surface area (Å²) < 4.78 is 26.0. The van der Waals surface area contributed by atoms with Crippen LogP contribution in [-0.2, 0) is 9.84 Å². The van der Waals surface area contributed by atoms with Crippen molar-refractivity contribution < 1.29 is 13.2 Å². The molecule has 5 rings (SSSR count). The van der Waals surface area contributed by atoms with Gasteiger partial charge in [0.15, 0.2) is 9.84 Å². The van der Waals surface area contributed by atoms with E-state index in [1.807, 2.05) is 30.5 Å². The number of carbonyl (C=O) groups is 1. The number of hydrogen-bond donors (Lipinski definition) is 0. The lowest BCUT2D eigenvalue weighted by Crippen LogP contribution is -2.31. The van der Waals surface area contributed by atoms with Gasteiger partial charge in [0.05, 0.1) is 15.2 Å². The van der Waals surface area contributed by atoms with Gasteiger partial charge in [0, 0.05) is 24.4 Å². The van der Waals surface area contributed by atoms with Crippen molar-refractivity contribution in [3.05, 3.63) is 56.7 Å². The molecule has 0 radical (unpaired) electrons. The fourth-order valence-electron chi connectivity index (χ4n) is 4.05. The van der Waals surface area contributed by atoms with Gasteiger partial charge in [-0.2, -0.15) is 11.3 Å². The Kier molecular flexibility index (Phi) is 3.79. The van der Waals surface area contributed by atoms with Crippen LogP contribution < -0.4 is 0 Å². The van der Waals surface area contributed by atoms with E-state index >= 15 is 0 Å². The zero-order valence-electron chi connectivity index (χ0n) is 14.5. The highest BCUT2D eigenvalue weighted by Gasteiger charge is 2.51. The number of hydrogen-bond acceptors (Lipinski definition) is 6. The van der Waals surface area contributed by atoms with Crippen LogP contribution in [0.4, 0.5) is 0 Å². The molecule has 2 atom stereocenters. The molecule has 1 amide bonds. The quantitative estimate of drug-likeness (QED) is 0.640. The van der Waals surface area contributed by atoms with Gasteiger partial charge in [-0.15, -0.1) is 11.3 Å². The fourth-order valence-corrected chi connectivity index (χ4v) is 7.46. The number of rotatable bonds is 2. The number of thiazole rings is 1. The van der Waals surface area contributed by atoms with Crippen LogP contribution in [0, 0.1) is 6.92 Å². The number of amides is 1. The molecule has 8 heteroatoms. The molecular weight excluding hydrogens is 400 g/mol. The number of likely N-dealkylation sites (tertiary alicyclic amines) is 1. The lowest BCUT2D eigenvalue weighted by molar-refractivity contribution is 0.0785. The molecule has 0 bridgehead atoms. The second kappa shape index (κ2) is 5.98. The first-order valence-corrected chi connectivity index (χ1v) is 11.9. The van der Waals surface area contributed by atoms with Crippen molar-refractivity contribution in [3.8, 4) is 11.1 Å². The molecule has 2 aliphatic heterocycles. The average molecular weight is 417 g/mol. The Morgan fingerprint density at radius 1 is 1.19 bits per heavy atom. The summed E-state index contributed by atoms with van der Waals surface area (Å²) in [6.45, 7) is 2.50. The summed E-state index contributed by atoms with van der Waals surface area (Å²) in [7, 11) is -3.42. The van der Waals surface area contributed by atoms with E-state index in [0.717, 1.165) is 21.7 Å². The smallest absolute Gasteiger partial charge is 0.273 e. The third-order valence-electron chi connectivity index (χ3n) is 5.36. The second-order valence-corrected chi connectivity index (χ2v) is 10.9. The van der Waals surface area contributed by atoms with Crippen molar-refractivity contribution in [2.24, 2.45) is 0 Å². The summed E-state index contributed by atoms with van der Waals surface area (Å²) in [4.78, 5) is 19.1. The minimum absolute atomic E-state index is 0.174. The van der Waals surface area contributed by atoms with Gasteiger partial charge in [-0.3, -0.25) is 4.79 Å². The van der Waals surface area contributed by atoms with Crippen LogP contribution in [0.5, 0.6) is 0 Å². The normalized spacial score (nSPS) is 22.6. The molecule has 0 saturated carbocycles. The summed E-state index contributed by atoms with van der Waals surface area (Å²) in [5.74, 6) is -0.355. The summed E-state index contributed by atoms with van der Waals surface area (Å²) in [6, 6.07) is 7.62. The van der Waals surface area contributed by atoms with Gasteiger partial charge in [0.1, 0.15) is 5.69 Å². The van der Waals surface area contributed by atoms with Crippen molar-refractivity contribution >= 4 is 38.4 Å². The zero-order valence-corrected chi connectivity index (χ0v) is 16.9. The van der Waals surface area contributed by atoms with E-state index in [4.69, 9.17) is 0 Å². The Morgan fingerprint density at radius 3 is 2.74 bits per heavy atom. The molecule has 0 unspecified atom stereocenters. The topological polar surface area (TPSA) is 67.3 Å². The van der Waals surface area contributed by atoms with E-state index in [1.165, 1.54) is 11.3 Å². The van der Waals surface area contributed by atoms with E-state index in [1.54, 1.807) is 27.7 Å². The van der Waals surface area contributed by atoms with Crippen LogP contribution in [0.15, 0.2) is 45.3 Å². The molecular formula is C19H16N2O3S3. The van der Waals surface area contributed by atoms with Gasteiger partial charge < -0.3 is 4.90 Å². The first-order chi connectivity index (χ1) is 12.9. The van der Waals surface area contributed by atoms with Crippen molar-refractivity contribution in [1.82, 2.24) is 9.88 Å². The molecule has 0 N–H and O–H groups in total. The Bertz CT molecular complexity index is 1150.